The number of H-pyrrole nitrogens is 1. The predicted octanol–water partition coefficient (Wildman–Crippen LogP) is -0.787. The average Bonchev–Trinajstić information content (AvgIpc) is 3.56. The number of aromatic amines is 1. The molecule has 0 spiro atoms. The number of amides is 4. The third-order valence-corrected chi connectivity index (χ3v) is 6.85. The summed E-state index contributed by atoms with van der Waals surface area (Å²) >= 11 is 0. The summed E-state index contributed by atoms with van der Waals surface area (Å²) in [6.07, 6.45) is 1.61. The van der Waals surface area contributed by atoms with Crippen molar-refractivity contribution in [3.05, 3.63) is 36.0 Å². The zero-order chi connectivity index (χ0) is 29.4. The van der Waals surface area contributed by atoms with E-state index < -0.39 is 59.7 Å². The monoisotopic (exact) mass is 558 g/mol. The molecule has 1 aliphatic heterocycles. The van der Waals surface area contributed by atoms with E-state index in [4.69, 9.17) is 16.6 Å². The fourth-order valence-electron chi connectivity index (χ4n) is 4.73. The number of para-hydroxylation sites is 1. The van der Waals surface area contributed by atoms with Crippen LogP contribution in [0.1, 0.15) is 44.1 Å². The molecule has 1 fully saturated rings. The van der Waals surface area contributed by atoms with Crippen molar-refractivity contribution in [2.24, 2.45) is 11.5 Å². The van der Waals surface area contributed by atoms with E-state index in [0.717, 1.165) is 10.9 Å². The van der Waals surface area contributed by atoms with Crippen molar-refractivity contribution in [1.29, 1.82) is 0 Å². The van der Waals surface area contributed by atoms with Crippen LogP contribution in [0.5, 0.6) is 0 Å². The summed E-state index contributed by atoms with van der Waals surface area (Å²) in [5.41, 5.74) is 12.5. The lowest BCUT2D eigenvalue weighted by Crippen LogP contribution is -2.57. The average molecular weight is 559 g/mol. The molecule has 14 nitrogen and oxygen atoms in total. The van der Waals surface area contributed by atoms with Gasteiger partial charge in [0.25, 0.3) is 0 Å². The lowest BCUT2D eigenvalue weighted by Gasteiger charge is -2.28. The number of carboxylic acids is 2. The molecule has 40 heavy (non-hydrogen) atoms. The first kappa shape index (κ1) is 30.1. The number of rotatable bonds is 14. The molecule has 1 aromatic carbocycles. The number of aromatic nitrogens is 1. The van der Waals surface area contributed by atoms with E-state index in [1.54, 1.807) is 6.20 Å². The van der Waals surface area contributed by atoms with Crippen molar-refractivity contribution in [2.45, 2.75) is 69.1 Å². The maximum absolute atomic E-state index is 13.4. The lowest BCUT2D eigenvalue weighted by molar-refractivity contribution is -0.143. The highest BCUT2D eigenvalue weighted by molar-refractivity contribution is 5.95. The van der Waals surface area contributed by atoms with Crippen LogP contribution in [0.25, 0.3) is 10.9 Å². The number of fused-ring (bicyclic) bond motifs is 1. The number of nitrogens with two attached hydrogens (primary N) is 2. The molecule has 0 radical (unpaired) electrons. The first-order valence-electron chi connectivity index (χ1n) is 12.9. The van der Waals surface area contributed by atoms with Gasteiger partial charge in [-0.15, -0.1) is 0 Å². The number of nitrogens with one attached hydrogen (secondary N) is 3. The number of likely N-dealkylation sites (tertiary alicyclic amines) is 1. The highest BCUT2D eigenvalue weighted by Gasteiger charge is 2.38. The van der Waals surface area contributed by atoms with Gasteiger partial charge in [0, 0.05) is 42.9 Å². The Hall–Kier alpha value is -4.46. The normalized spacial score (nSPS) is 17.1. The van der Waals surface area contributed by atoms with Gasteiger partial charge >= 0.3 is 11.9 Å². The molecule has 1 aliphatic rings. The van der Waals surface area contributed by atoms with Crippen LogP contribution in [-0.4, -0.2) is 86.4 Å². The first-order valence-corrected chi connectivity index (χ1v) is 12.9. The van der Waals surface area contributed by atoms with Gasteiger partial charge in [0.15, 0.2) is 0 Å². The van der Waals surface area contributed by atoms with Crippen molar-refractivity contribution in [3.8, 4) is 0 Å². The van der Waals surface area contributed by atoms with Crippen LogP contribution < -0.4 is 22.1 Å². The van der Waals surface area contributed by atoms with E-state index in [2.05, 4.69) is 15.6 Å². The van der Waals surface area contributed by atoms with Crippen LogP contribution in [0, 0.1) is 0 Å². The minimum atomic E-state index is -1.42. The Balaban J connectivity index is 1.80. The minimum Gasteiger partial charge on any atom is -0.481 e. The Kier molecular flexibility index (Phi) is 10.2. The van der Waals surface area contributed by atoms with Gasteiger partial charge in [-0.05, 0) is 37.3 Å². The van der Waals surface area contributed by atoms with Crippen molar-refractivity contribution < 1.29 is 39.0 Å². The molecule has 3 rings (SSSR count). The molecule has 4 unspecified atom stereocenters. The number of aliphatic carboxylic acids is 2. The molecule has 0 aliphatic carbocycles. The first-order chi connectivity index (χ1) is 19.0. The van der Waals surface area contributed by atoms with Crippen molar-refractivity contribution in [3.63, 3.8) is 0 Å². The molecule has 1 aromatic heterocycles. The molecule has 0 bridgehead atoms. The van der Waals surface area contributed by atoms with Gasteiger partial charge in [0.1, 0.15) is 18.1 Å². The van der Waals surface area contributed by atoms with Crippen LogP contribution >= 0.6 is 0 Å². The second-order valence-electron chi connectivity index (χ2n) is 9.76. The van der Waals surface area contributed by atoms with Crippen LogP contribution in [0.4, 0.5) is 0 Å². The molecule has 4 atom stereocenters. The molecular weight excluding hydrogens is 524 g/mol. The van der Waals surface area contributed by atoms with Gasteiger partial charge in [0.2, 0.25) is 23.6 Å². The highest BCUT2D eigenvalue weighted by Crippen LogP contribution is 2.22. The molecule has 9 N–H and O–H groups in total. The maximum atomic E-state index is 13.4. The second kappa shape index (κ2) is 13.6. The van der Waals surface area contributed by atoms with Crippen LogP contribution in [0.3, 0.4) is 0 Å². The smallest absolute Gasteiger partial charge is 0.326 e. The number of carboxylic acid groups (broad SMARTS) is 2. The highest BCUT2D eigenvalue weighted by atomic mass is 16.4. The van der Waals surface area contributed by atoms with Gasteiger partial charge in [-0.25, -0.2) is 4.79 Å². The summed E-state index contributed by atoms with van der Waals surface area (Å²) in [5, 5.41) is 24.3. The summed E-state index contributed by atoms with van der Waals surface area (Å²) in [6.45, 7) is 0.241. The van der Waals surface area contributed by atoms with E-state index in [9.17, 15) is 33.9 Å². The molecule has 4 amide bonds. The number of hydrogen-bond acceptors (Lipinski definition) is 7. The minimum absolute atomic E-state index is 0.00252. The van der Waals surface area contributed by atoms with Gasteiger partial charge in [-0.1, -0.05) is 18.2 Å². The van der Waals surface area contributed by atoms with Crippen LogP contribution in [0.2, 0.25) is 0 Å². The van der Waals surface area contributed by atoms with E-state index in [-0.39, 0.29) is 38.6 Å². The number of carbonyl (C=O) groups is 6. The van der Waals surface area contributed by atoms with Crippen LogP contribution in [-0.2, 0) is 35.2 Å². The molecule has 2 aromatic rings. The summed E-state index contributed by atoms with van der Waals surface area (Å²) in [6, 6.07) is 2.64. The Morgan fingerprint density at radius 2 is 1.75 bits per heavy atom. The summed E-state index contributed by atoms with van der Waals surface area (Å²) in [7, 11) is 0. The molecule has 0 saturated carbocycles. The second-order valence-corrected chi connectivity index (χ2v) is 9.76. The van der Waals surface area contributed by atoms with Gasteiger partial charge in [-0.2, -0.15) is 0 Å². The summed E-state index contributed by atoms with van der Waals surface area (Å²) in [4.78, 5) is 77.7. The van der Waals surface area contributed by atoms with Gasteiger partial charge in [0.05, 0.1) is 6.04 Å². The fourth-order valence-corrected chi connectivity index (χ4v) is 4.73. The Morgan fingerprint density at radius 3 is 2.42 bits per heavy atom. The zero-order valence-electron chi connectivity index (χ0n) is 21.8. The van der Waals surface area contributed by atoms with Gasteiger partial charge in [-0.3, -0.25) is 24.0 Å². The third kappa shape index (κ3) is 7.79. The molecular formula is C26H34N6O8. The quantitative estimate of drug-likeness (QED) is 0.154. The van der Waals surface area contributed by atoms with E-state index in [1.807, 2.05) is 24.3 Å². The topological polar surface area (TPSA) is 238 Å². The van der Waals surface area contributed by atoms with Crippen molar-refractivity contribution in [2.75, 3.05) is 6.54 Å². The fraction of sp³-hybridized carbons (Fsp3) is 0.462. The van der Waals surface area contributed by atoms with Crippen molar-refractivity contribution >= 4 is 46.5 Å². The molecule has 14 heteroatoms. The van der Waals surface area contributed by atoms with Crippen LogP contribution in [0.15, 0.2) is 30.5 Å². The predicted molar refractivity (Wildman–Crippen MR) is 142 cm³/mol. The summed E-state index contributed by atoms with van der Waals surface area (Å²) in [5.74, 6) is -5.16. The van der Waals surface area contributed by atoms with E-state index in [1.165, 1.54) is 4.90 Å². The summed E-state index contributed by atoms with van der Waals surface area (Å²) < 4.78 is 0. The SMILES string of the molecule is NC(=O)CCC(NC(=O)C(Cc1c[nH]c2ccccc12)NC(=O)C1CCCN1C(=O)C(N)CCC(=O)O)C(=O)O. The van der Waals surface area contributed by atoms with Crippen molar-refractivity contribution in [1.82, 2.24) is 20.5 Å². The van der Waals surface area contributed by atoms with E-state index >= 15 is 0 Å². The largest absolute Gasteiger partial charge is 0.481 e. The maximum Gasteiger partial charge on any atom is 0.326 e. The Bertz CT molecular complexity index is 1280. The molecule has 216 valence electrons. The number of hydrogen-bond donors (Lipinski definition) is 7. The number of nitrogens with zero attached hydrogens (tertiary/aromatic N) is 1. The number of primary amides is 1. The Morgan fingerprint density at radius 1 is 1.02 bits per heavy atom. The lowest BCUT2D eigenvalue weighted by atomic mass is 10.0. The standard InChI is InChI=1S/C26H34N6O8/c27-16(7-10-22(34)35)25(38)32-11-3-6-20(32)24(37)31-19(12-14-13-29-17-5-2-1-4-15(14)17)23(36)30-18(26(39)40)8-9-21(28)33/h1-2,4-5,13,16,18-20,29H,3,6-12,27H2,(H2,28,33)(H,30,36)(H,31,37)(H,34,35)(H,39,40). The molecule has 2 heterocycles. The van der Waals surface area contributed by atoms with E-state index in [0.29, 0.717) is 18.4 Å². The number of benzene rings is 1. The zero-order valence-corrected chi connectivity index (χ0v) is 21.8. The third-order valence-electron chi connectivity index (χ3n) is 6.85. The molecule has 1 saturated heterocycles. The van der Waals surface area contributed by atoms with Gasteiger partial charge < -0.3 is 42.2 Å². The number of carbonyl (C=O) groups excluding carboxylic acids is 4. The Labute approximate surface area is 229 Å².